The van der Waals surface area contributed by atoms with Crippen LogP contribution >= 0.6 is 0 Å². The van der Waals surface area contributed by atoms with E-state index in [2.05, 4.69) is 12.2 Å². The number of phenolic OH excluding ortho intramolecular Hbond substituents is 1. The molecule has 1 rings (SSSR count). The molecule has 0 unspecified atom stereocenters. The van der Waals surface area contributed by atoms with Gasteiger partial charge in [-0.25, -0.2) is 0 Å². The number of carbonyl (C=O) groups is 1. The van der Waals surface area contributed by atoms with Crippen molar-refractivity contribution < 1.29 is 9.90 Å². The number of benzene rings is 1. The average molecular weight is 258 g/mol. The van der Waals surface area contributed by atoms with Crippen LogP contribution in [0.4, 0.5) is 0 Å². The van der Waals surface area contributed by atoms with Gasteiger partial charge in [0, 0.05) is 6.54 Å². The molecule has 0 atom stereocenters. The largest absolute Gasteiger partial charge is 0.508 e. The van der Waals surface area contributed by atoms with Crippen LogP contribution < -0.4 is 5.32 Å². The molecule has 0 saturated carbocycles. The third-order valence-electron chi connectivity index (χ3n) is 2.64. The fourth-order valence-corrected chi connectivity index (χ4v) is 1.56. The minimum Gasteiger partial charge on any atom is -0.508 e. The molecule has 0 radical (unpaired) electrons. The Morgan fingerprint density at radius 1 is 1.37 bits per heavy atom. The van der Waals surface area contributed by atoms with Gasteiger partial charge in [-0.2, -0.15) is 5.26 Å². The second-order valence-corrected chi connectivity index (χ2v) is 4.22. The SMILES string of the molecule is CCCCCNC(=O)/C(C#N)=C/c1ccc(O)cc1. The Labute approximate surface area is 113 Å². The first kappa shape index (κ1) is 14.8. The predicted octanol–water partition coefficient (Wildman–Crippen LogP) is 2.61. The smallest absolute Gasteiger partial charge is 0.261 e. The predicted molar refractivity (Wildman–Crippen MR) is 74.2 cm³/mol. The lowest BCUT2D eigenvalue weighted by molar-refractivity contribution is -0.117. The average Bonchev–Trinajstić information content (AvgIpc) is 2.42. The molecule has 19 heavy (non-hydrogen) atoms. The summed E-state index contributed by atoms with van der Waals surface area (Å²) in [6, 6.07) is 8.22. The Bertz CT molecular complexity index is 484. The monoisotopic (exact) mass is 258 g/mol. The van der Waals surface area contributed by atoms with E-state index in [1.54, 1.807) is 12.1 Å². The van der Waals surface area contributed by atoms with Crippen molar-refractivity contribution in [2.24, 2.45) is 0 Å². The quantitative estimate of drug-likeness (QED) is 0.468. The highest BCUT2D eigenvalue weighted by Gasteiger charge is 2.07. The van der Waals surface area contributed by atoms with Crippen molar-refractivity contribution >= 4 is 12.0 Å². The van der Waals surface area contributed by atoms with Crippen LogP contribution in [0.15, 0.2) is 29.8 Å². The standard InChI is InChI=1S/C15H18N2O2/c1-2-3-4-9-17-15(19)13(11-16)10-12-5-7-14(18)8-6-12/h5-8,10,18H,2-4,9H2,1H3,(H,17,19)/b13-10+. The van der Waals surface area contributed by atoms with Crippen molar-refractivity contribution in [3.8, 4) is 11.8 Å². The van der Waals surface area contributed by atoms with Gasteiger partial charge in [-0.3, -0.25) is 4.79 Å². The summed E-state index contributed by atoms with van der Waals surface area (Å²) in [6.07, 6.45) is 4.57. The van der Waals surface area contributed by atoms with E-state index in [1.165, 1.54) is 18.2 Å². The highest BCUT2D eigenvalue weighted by molar-refractivity contribution is 6.01. The first-order valence-electron chi connectivity index (χ1n) is 6.36. The maximum Gasteiger partial charge on any atom is 0.261 e. The summed E-state index contributed by atoms with van der Waals surface area (Å²) in [4.78, 5) is 11.8. The molecule has 4 nitrogen and oxygen atoms in total. The van der Waals surface area contributed by atoms with E-state index >= 15 is 0 Å². The minimum atomic E-state index is -0.355. The van der Waals surface area contributed by atoms with Crippen LogP contribution in [0.3, 0.4) is 0 Å². The van der Waals surface area contributed by atoms with Crippen molar-refractivity contribution in [3.63, 3.8) is 0 Å². The Kier molecular flexibility index (Phi) is 6.17. The number of hydrogen-bond donors (Lipinski definition) is 2. The van der Waals surface area contributed by atoms with Crippen LogP contribution in [-0.4, -0.2) is 17.6 Å². The molecule has 0 heterocycles. The van der Waals surface area contributed by atoms with E-state index in [0.29, 0.717) is 12.1 Å². The number of phenols is 1. The summed E-state index contributed by atoms with van der Waals surface area (Å²) in [5.41, 5.74) is 0.778. The van der Waals surface area contributed by atoms with Gasteiger partial charge in [0.05, 0.1) is 0 Å². The lowest BCUT2D eigenvalue weighted by Crippen LogP contribution is -2.25. The molecular formula is C15H18N2O2. The number of hydrogen-bond acceptors (Lipinski definition) is 3. The number of aromatic hydroxyl groups is 1. The Morgan fingerprint density at radius 2 is 2.05 bits per heavy atom. The van der Waals surface area contributed by atoms with Gasteiger partial charge in [0.1, 0.15) is 17.4 Å². The van der Waals surface area contributed by atoms with E-state index in [9.17, 15) is 4.79 Å². The zero-order valence-electron chi connectivity index (χ0n) is 11.0. The van der Waals surface area contributed by atoms with Crippen LogP contribution in [0.25, 0.3) is 6.08 Å². The van der Waals surface area contributed by atoms with Gasteiger partial charge in [0.15, 0.2) is 0 Å². The Balaban J connectivity index is 2.64. The molecule has 2 N–H and O–H groups in total. The van der Waals surface area contributed by atoms with Gasteiger partial charge >= 0.3 is 0 Å². The highest BCUT2D eigenvalue weighted by Crippen LogP contribution is 2.12. The van der Waals surface area contributed by atoms with E-state index in [1.807, 2.05) is 6.07 Å². The Morgan fingerprint density at radius 3 is 2.63 bits per heavy atom. The van der Waals surface area contributed by atoms with Gasteiger partial charge in [0.2, 0.25) is 0 Å². The van der Waals surface area contributed by atoms with Crippen LogP contribution in [0.2, 0.25) is 0 Å². The summed E-state index contributed by atoms with van der Waals surface area (Å²) >= 11 is 0. The van der Waals surface area contributed by atoms with Crippen molar-refractivity contribution in [1.82, 2.24) is 5.32 Å². The molecule has 1 aromatic rings. The van der Waals surface area contributed by atoms with Crippen LogP contribution in [0, 0.1) is 11.3 Å². The summed E-state index contributed by atoms with van der Waals surface area (Å²) in [5.74, 6) is -0.202. The maximum atomic E-state index is 11.8. The molecule has 100 valence electrons. The van der Waals surface area contributed by atoms with Gasteiger partial charge < -0.3 is 10.4 Å². The molecular weight excluding hydrogens is 240 g/mol. The van der Waals surface area contributed by atoms with Gasteiger partial charge in [0.25, 0.3) is 5.91 Å². The van der Waals surface area contributed by atoms with Gasteiger partial charge in [-0.1, -0.05) is 31.9 Å². The zero-order chi connectivity index (χ0) is 14.1. The summed E-state index contributed by atoms with van der Waals surface area (Å²) in [5, 5.41) is 20.9. The van der Waals surface area contributed by atoms with Crippen molar-refractivity contribution in [1.29, 1.82) is 5.26 Å². The number of unbranched alkanes of at least 4 members (excludes halogenated alkanes) is 2. The molecule has 0 fully saturated rings. The second-order valence-electron chi connectivity index (χ2n) is 4.22. The first-order chi connectivity index (χ1) is 9.17. The second kappa shape index (κ2) is 7.93. The number of rotatable bonds is 6. The number of nitrogens with one attached hydrogen (secondary N) is 1. The summed E-state index contributed by atoms with van der Waals surface area (Å²) in [6.45, 7) is 2.68. The van der Waals surface area contributed by atoms with E-state index in [4.69, 9.17) is 10.4 Å². The summed E-state index contributed by atoms with van der Waals surface area (Å²) < 4.78 is 0. The maximum absolute atomic E-state index is 11.8. The lowest BCUT2D eigenvalue weighted by Gasteiger charge is -2.03. The molecule has 0 aromatic heterocycles. The number of nitriles is 1. The third-order valence-corrected chi connectivity index (χ3v) is 2.64. The van der Waals surface area contributed by atoms with Crippen LogP contribution in [0.5, 0.6) is 5.75 Å². The highest BCUT2D eigenvalue weighted by atomic mass is 16.3. The molecule has 0 aliphatic carbocycles. The number of nitrogens with zero attached hydrogens (tertiary/aromatic N) is 1. The number of amides is 1. The molecule has 4 heteroatoms. The number of carbonyl (C=O) groups excluding carboxylic acids is 1. The van der Waals surface area contributed by atoms with Crippen LogP contribution in [-0.2, 0) is 4.79 Å². The van der Waals surface area contributed by atoms with E-state index in [-0.39, 0.29) is 17.2 Å². The van der Waals surface area contributed by atoms with Crippen molar-refractivity contribution in [2.45, 2.75) is 26.2 Å². The fraction of sp³-hybridized carbons (Fsp3) is 0.333. The molecule has 0 aliphatic heterocycles. The van der Waals surface area contributed by atoms with Crippen LogP contribution in [0.1, 0.15) is 31.7 Å². The molecule has 0 spiro atoms. The minimum absolute atomic E-state index is 0.0715. The van der Waals surface area contributed by atoms with Crippen molar-refractivity contribution in [2.75, 3.05) is 6.54 Å². The normalized spacial score (nSPS) is 10.8. The zero-order valence-corrected chi connectivity index (χ0v) is 11.0. The molecule has 0 aliphatic rings. The van der Waals surface area contributed by atoms with Gasteiger partial charge in [-0.15, -0.1) is 0 Å². The van der Waals surface area contributed by atoms with Gasteiger partial charge in [-0.05, 0) is 30.2 Å². The topological polar surface area (TPSA) is 73.1 Å². The molecule has 1 amide bonds. The molecule has 0 saturated heterocycles. The fourth-order valence-electron chi connectivity index (χ4n) is 1.56. The summed E-state index contributed by atoms with van der Waals surface area (Å²) in [7, 11) is 0. The Hall–Kier alpha value is -2.28. The molecule has 0 bridgehead atoms. The van der Waals surface area contributed by atoms with E-state index in [0.717, 1.165) is 19.3 Å². The van der Waals surface area contributed by atoms with E-state index < -0.39 is 0 Å². The third kappa shape index (κ3) is 5.26. The molecule has 1 aromatic carbocycles. The first-order valence-corrected chi connectivity index (χ1v) is 6.36. The lowest BCUT2D eigenvalue weighted by atomic mass is 10.1. The van der Waals surface area contributed by atoms with Crippen molar-refractivity contribution in [3.05, 3.63) is 35.4 Å².